The fourth-order valence-corrected chi connectivity index (χ4v) is 2.40. The van der Waals surface area contributed by atoms with Crippen molar-refractivity contribution in [3.05, 3.63) is 23.9 Å². The van der Waals surface area contributed by atoms with E-state index in [1.54, 1.807) is 23.2 Å². The summed E-state index contributed by atoms with van der Waals surface area (Å²) in [6.45, 7) is 7.43. The molecule has 1 saturated heterocycles. The predicted molar refractivity (Wildman–Crippen MR) is 85.0 cm³/mol. The highest BCUT2D eigenvalue weighted by Crippen LogP contribution is 2.21. The minimum Gasteiger partial charge on any atom is -0.476 e. The van der Waals surface area contributed by atoms with Gasteiger partial charge in [-0.25, -0.2) is 9.78 Å². The Balaban J connectivity index is 1.79. The number of hydrogen-bond acceptors (Lipinski definition) is 5. The van der Waals surface area contributed by atoms with E-state index in [1.165, 1.54) is 0 Å². The van der Waals surface area contributed by atoms with E-state index in [0.29, 0.717) is 37.1 Å². The number of rotatable bonds is 3. The van der Waals surface area contributed by atoms with E-state index in [9.17, 15) is 4.79 Å². The van der Waals surface area contributed by atoms with E-state index >= 15 is 0 Å². The molecule has 1 fully saturated rings. The maximum atomic E-state index is 12.0. The second kappa shape index (κ2) is 7.32. The maximum absolute atomic E-state index is 12.0. The zero-order chi connectivity index (χ0) is 16.9. The summed E-state index contributed by atoms with van der Waals surface area (Å²) in [7, 11) is 0. The van der Waals surface area contributed by atoms with E-state index in [-0.39, 0.29) is 6.09 Å². The van der Waals surface area contributed by atoms with Gasteiger partial charge in [0.25, 0.3) is 0 Å². The van der Waals surface area contributed by atoms with Crippen molar-refractivity contribution in [2.24, 2.45) is 5.92 Å². The summed E-state index contributed by atoms with van der Waals surface area (Å²) in [4.78, 5) is 17.8. The summed E-state index contributed by atoms with van der Waals surface area (Å²) < 4.78 is 11.1. The van der Waals surface area contributed by atoms with E-state index in [0.717, 1.165) is 12.8 Å². The zero-order valence-electron chi connectivity index (χ0n) is 13.9. The van der Waals surface area contributed by atoms with Crippen LogP contribution in [0.5, 0.6) is 5.88 Å². The Hall–Kier alpha value is -2.29. The van der Waals surface area contributed by atoms with Crippen molar-refractivity contribution in [2.75, 3.05) is 19.7 Å². The highest BCUT2D eigenvalue weighted by atomic mass is 16.6. The van der Waals surface area contributed by atoms with Gasteiger partial charge in [-0.2, -0.15) is 5.26 Å². The fourth-order valence-electron chi connectivity index (χ4n) is 2.40. The normalized spacial score (nSPS) is 15.8. The molecule has 0 aliphatic carbocycles. The fraction of sp³-hybridized carbons (Fsp3) is 0.588. The SMILES string of the molecule is CC(C)(C)OC(=O)N1CCC(COc2ncccc2C#N)CC1. The monoisotopic (exact) mass is 317 g/mol. The van der Waals surface area contributed by atoms with Crippen LogP contribution in [-0.2, 0) is 4.74 Å². The van der Waals surface area contributed by atoms with E-state index in [1.807, 2.05) is 20.8 Å². The summed E-state index contributed by atoms with van der Waals surface area (Å²) in [6, 6.07) is 5.47. The summed E-state index contributed by atoms with van der Waals surface area (Å²) in [5.74, 6) is 0.729. The van der Waals surface area contributed by atoms with Crippen molar-refractivity contribution in [2.45, 2.75) is 39.2 Å². The first-order chi connectivity index (χ1) is 10.9. The van der Waals surface area contributed by atoms with Crippen molar-refractivity contribution in [1.29, 1.82) is 5.26 Å². The van der Waals surface area contributed by atoms with Crippen LogP contribution in [0.3, 0.4) is 0 Å². The molecular formula is C17H23N3O3. The van der Waals surface area contributed by atoms with Gasteiger partial charge in [0.15, 0.2) is 0 Å². The predicted octanol–water partition coefficient (Wildman–Crippen LogP) is 2.98. The van der Waals surface area contributed by atoms with Crippen LogP contribution < -0.4 is 4.74 Å². The molecule has 2 rings (SSSR count). The quantitative estimate of drug-likeness (QED) is 0.856. The number of carbonyl (C=O) groups is 1. The molecule has 0 radical (unpaired) electrons. The van der Waals surface area contributed by atoms with E-state index in [2.05, 4.69) is 11.1 Å². The highest BCUT2D eigenvalue weighted by Gasteiger charge is 2.27. The van der Waals surface area contributed by atoms with Crippen LogP contribution in [-0.4, -0.2) is 41.3 Å². The molecule has 23 heavy (non-hydrogen) atoms. The van der Waals surface area contributed by atoms with Crippen molar-refractivity contribution < 1.29 is 14.3 Å². The molecule has 0 N–H and O–H groups in total. The topological polar surface area (TPSA) is 75.4 Å². The lowest BCUT2D eigenvalue weighted by Gasteiger charge is -2.33. The van der Waals surface area contributed by atoms with Gasteiger partial charge in [0.2, 0.25) is 5.88 Å². The van der Waals surface area contributed by atoms with Gasteiger partial charge in [0.05, 0.1) is 6.61 Å². The lowest BCUT2D eigenvalue weighted by Crippen LogP contribution is -2.42. The van der Waals surface area contributed by atoms with E-state index in [4.69, 9.17) is 14.7 Å². The Morgan fingerprint density at radius 2 is 2.13 bits per heavy atom. The number of nitriles is 1. The molecule has 1 aromatic rings. The molecule has 0 saturated carbocycles. The third-order valence-corrected chi connectivity index (χ3v) is 3.61. The Kier molecular flexibility index (Phi) is 5.43. The van der Waals surface area contributed by atoms with Gasteiger partial charge < -0.3 is 14.4 Å². The lowest BCUT2D eigenvalue weighted by molar-refractivity contribution is 0.0164. The molecule has 0 atom stereocenters. The summed E-state index contributed by atoms with van der Waals surface area (Å²) in [6.07, 6.45) is 3.07. The molecule has 1 aliphatic heterocycles. The first kappa shape index (κ1) is 17.1. The molecule has 124 valence electrons. The van der Waals surface area contributed by atoms with Crippen LogP contribution in [0.2, 0.25) is 0 Å². The van der Waals surface area contributed by atoms with E-state index < -0.39 is 5.60 Å². The number of likely N-dealkylation sites (tertiary alicyclic amines) is 1. The Morgan fingerprint density at radius 1 is 1.43 bits per heavy atom. The minimum absolute atomic E-state index is 0.256. The minimum atomic E-state index is -0.469. The zero-order valence-corrected chi connectivity index (χ0v) is 13.9. The van der Waals surface area contributed by atoms with Crippen molar-refractivity contribution >= 4 is 6.09 Å². The molecule has 0 bridgehead atoms. The van der Waals surface area contributed by atoms with Crippen LogP contribution in [0.25, 0.3) is 0 Å². The standard InChI is InChI=1S/C17H23N3O3/c1-17(2,3)23-16(21)20-9-6-13(7-10-20)12-22-15-14(11-18)5-4-8-19-15/h4-5,8,13H,6-7,9-10,12H2,1-3H3. The smallest absolute Gasteiger partial charge is 0.410 e. The number of carbonyl (C=O) groups excluding carboxylic acids is 1. The molecule has 1 aromatic heterocycles. The van der Waals surface area contributed by atoms with Crippen LogP contribution in [0, 0.1) is 17.2 Å². The number of hydrogen-bond donors (Lipinski definition) is 0. The largest absolute Gasteiger partial charge is 0.476 e. The van der Waals surface area contributed by atoms with Crippen molar-refractivity contribution in [3.63, 3.8) is 0 Å². The number of nitrogens with zero attached hydrogens (tertiary/aromatic N) is 3. The van der Waals surface area contributed by atoms with Gasteiger partial charge in [0, 0.05) is 19.3 Å². The number of amides is 1. The summed E-state index contributed by atoms with van der Waals surface area (Å²) >= 11 is 0. The summed E-state index contributed by atoms with van der Waals surface area (Å²) in [5.41, 5.74) is -0.0253. The molecular weight excluding hydrogens is 294 g/mol. The summed E-state index contributed by atoms with van der Waals surface area (Å²) in [5, 5.41) is 9.02. The average Bonchev–Trinajstić information content (AvgIpc) is 2.52. The molecule has 0 unspecified atom stereocenters. The molecule has 1 amide bonds. The van der Waals surface area contributed by atoms with Crippen LogP contribution in [0.4, 0.5) is 4.79 Å². The number of aromatic nitrogens is 1. The highest BCUT2D eigenvalue weighted by molar-refractivity contribution is 5.68. The van der Waals surface area contributed by atoms with Crippen LogP contribution in [0.1, 0.15) is 39.2 Å². The molecule has 0 aromatic carbocycles. The molecule has 6 heteroatoms. The van der Waals surface area contributed by atoms with Gasteiger partial charge in [-0.3, -0.25) is 0 Å². The Morgan fingerprint density at radius 3 is 2.74 bits per heavy atom. The van der Waals surface area contributed by atoms with Gasteiger partial charge in [-0.1, -0.05) is 0 Å². The number of piperidine rings is 1. The lowest BCUT2D eigenvalue weighted by atomic mass is 9.98. The van der Waals surface area contributed by atoms with Crippen molar-refractivity contribution in [3.8, 4) is 11.9 Å². The molecule has 0 spiro atoms. The third kappa shape index (κ3) is 5.13. The Labute approximate surface area is 137 Å². The van der Waals surface area contributed by atoms with Crippen LogP contribution >= 0.6 is 0 Å². The maximum Gasteiger partial charge on any atom is 0.410 e. The first-order valence-corrected chi connectivity index (χ1v) is 7.85. The number of ether oxygens (including phenoxy) is 2. The second-order valence-electron chi connectivity index (χ2n) is 6.69. The Bertz CT molecular complexity index is 581. The molecule has 2 heterocycles. The van der Waals surface area contributed by atoms with Gasteiger partial charge in [0.1, 0.15) is 17.2 Å². The average molecular weight is 317 g/mol. The number of pyridine rings is 1. The first-order valence-electron chi connectivity index (χ1n) is 7.85. The van der Waals surface area contributed by atoms with Gasteiger partial charge in [-0.15, -0.1) is 0 Å². The molecule has 1 aliphatic rings. The third-order valence-electron chi connectivity index (χ3n) is 3.61. The van der Waals surface area contributed by atoms with Crippen LogP contribution in [0.15, 0.2) is 18.3 Å². The van der Waals surface area contributed by atoms with Gasteiger partial charge in [-0.05, 0) is 51.7 Å². The molecule has 6 nitrogen and oxygen atoms in total. The van der Waals surface area contributed by atoms with Crippen molar-refractivity contribution in [1.82, 2.24) is 9.88 Å². The van der Waals surface area contributed by atoms with Gasteiger partial charge >= 0.3 is 6.09 Å². The second-order valence-corrected chi connectivity index (χ2v) is 6.69.